The fourth-order valence-corrected chi connectivity index (χ4v) is 2.23. The standard InChI is InChI=1S/C15H19N3O/c1-11(16)12-6-7-17-15(9-12)18(13-4-5-13)10-14-3-2-8-19-14/h2-3,6-9,11,13H,4-5,10,16H2,1H3. The molecule has 4 nitrogen and oxygen atoms in total. The van der Waals surface area contributed by atoms with Crippen LogP contribution in [0.4, 0.5) is 5.82 Å². The highest BCUT2D eigenvalue weighted by Crippen LogP contribution is 2.32. The van der Waals surface area contributed by atoms with Gasteiger partial charge < -0.3 is 15.1 Å². The van der Waals surface area contributed by atoms with Crippen molar-refractivity contribution < 1.29 is 4.42 Å². The summed E-state index contributed by atoms with van der Waals surface area (Å²) in [7, 11) is 0. The summed E-state index contributed by atoms with van der Waals surface area (Å²) < 4.78 is 5.45. The van der Waals surface area contributed by atoms with Crippen molar-refractivity contribution in [2.75, 3.05) is 4.90 Å². The van der Waals surface area contributed by atoms with E-state index in [0.29, 0.717) is 6.04 Å². The largest absolute Gasteiger partial charge is 0.467 e. The van der Waals surface area contributed by atoms with Crippen molar-refractivity contribution in [3.8, 4) is 0 Å². The zero-order chi connectivity index (χ0) is 13.2. The average molecular weight is 257 g/mol. The van der Waals surface area contributed by atoms with E-state index in [1.54, 1.807) is 6.26 Å². The third kappa shape index (κ3) is 2.79. The van der Waals surface area contributed by atoms with E-state index < -0.39 is 0 Å². The van der Waals surface area contributed by atoms with Gasteiger partial charge in [0.1, 0.15) is 11.6 Å². The van der Waals surface area contributed by atoms with Crippen molar-refractivity contribution in [3.05, 3.63) is 48.0 Å². The first kappa shape index (κ1) is 12.2. The van der Waals surface area contributed by atoms with Crippen LogP contribution in [-0.4, -0.2) is 11.0 Å². The van der Waals surface area contributed by atoms with Crippen molar-refractivity contribution >= 4 is 5.82 Å². The van der Waals surface area contributed by atoms with Gasteiger partial charge in [0.25, 0.3) is 0 Å². The van der Waals surface area contributed by atoms with Gasteiger partial charge in [-0.2, -0.15) is 0 Å². The van der Waals surface area contributed by atoms with Gasteiger partial charge in [-0.05, 0) is 49.6 Å². The van der Waals surface area contributed by atoms with Gasteiger partial charge in [-0.3, -0.25) is 0 Å². The van der Waals surface area contributed by atoms with Gasteiger partial charge >= 0.3 is 0 Å². The molecule has 0 saturated heterocycles. The second kappa shape index (κ2) is 5.05. The second-order valence-corrected chi connectivity index (χ2v) is 5.17. The summed E-state index contributed by atoms with van der Waals surface area (Å²) in [6.45, 7) is 2.76. The quantitative estimate of drug-likeness (QED) is 0.894. The zero-order valence-corrected chi connectivity index (χ0v) is 11.1. The number of rotatable bonds is 5. The van der Waals surface area contributed by atoms with Crippen LogP contribution >= 0.6 is 0 Å². The number of hydrogen-bond donors (Lipinski definition) is 1. The maximum absolute atomic E-state index is 5.95. The van der Waals surface area contributed by atoms with Gasteiger partial charge in [0, 0.05) is 18.3 Å². The molecule has 1 saturated carbocycles. The molecule has 1 aliphatic rings. The topological polar surface area (TPSA) is 55.3 Å². The number of aromatic nitrogens is 1. The minimum atomic E-state index is 0.0337. The Kier molecular flexibility index (Phi) is 3.25. The molecule has 1 aliphatic carbocycles. The maximum Gasteiger partial charge on any atom is 0.129 e. The van der Waals surface area contributed by atoms with Crippen LogP contribution in [0.3, 0.4) is 0 Å². The third-order valence-electron chi connectivity index (χ3n) is 3.48. The Morgan fingerprint density at radius 2 is 2.32 bits per heavy atom. The summed E-state index contributed by atoms with van der Waals surface area (Å²) in [6, 6.07) is 8.61. The monoisotopic (exact) mass is 257 g/mol. The lowest BCUT2D eigenvalue weighted by atomic mass is 10.1. The van der Waals surface area contributed by atoms with Crippen LogP contribution in [0.15, 0.2) is 41.1 Å². The lowest BCUT2D eigenvalue weighted by Gasteiger charge is -2.23. The fourth-order valence-electron chi connectivity index (χ4n) is 2.23. The number of furan rings is 1. The number of nitrogens with zero attached hydrogens (tertiary/aromatic N) is 2. The first-order valence-corrected chi connectivity index (χ1v) is 6.74. The van der Waals surface area contributed by atoms with E-state index in [4.69, 9.17) is 10.2 Å². The Labute approximate surface area is 113 Å². The molecule has 0 aliphatic heterocycles. The average Bonchev–Trinajstić information content (AvgIpc) is 3.13. The Bertz CT molecular complexity index is 532. The fraction of sp³-hybridized carbons (Fsp3) is 0.400. The van der Waals surface area contributed by atoms with Crippen molar-refractivity contribution in [2.45, 2.75) is 38.4 Å². The Morgan fingerprint density at radius 1 is 1.47 bits per heavy atom. The molecule has 2 heterocycles. The van der Waals surface area contributed by atoms with Gasteiger partial charge in [0.2, 0.25) is 0 Å². The summed E-state index contributed by atoms with van der Waals surface area (Å²) in [5.74, 6) is 1.97. The molecule has 2 aromatic rings. The number of hydrogen-bond acceptors (Lipinski definition) is 4. The van der Waals surface area contributed by atoms with Gasteiger partial charge in [0.15, 0.2) is 0 Å². The van der Waals surface area contributed by atoms with E-state index in [-0.39, 0.29) is 6.04 Å². The number of pyridine rings is 1. The highest BCUT2D eigenvalue weighted by Gasteiger charge is 2.30. The van der Waals surface area contributed by atoms with Crippen LogP contribution in [0.5, 0.6) is 0 Å². The smallest absolute Gasteiger partial charge is 0.129 e. The number of nitrogens with two attached hydrogens (primary N) is 1. The van der Waals surface area contributed by atoms with Gasteiger partial charge in [-0.1, -0.05) is 0 Å². The molecule has 2 N–H and O–H groups in total. The van der Waals surface area contributed by atoms with Crippen LogP contribution in [0, 0.1) is 0 Å². The van der Waals surface area contributed by atoms with Crippen LogP contribution in [0.1, 0.15) is 37.1 Å². The molecule has 2 aromatic heterocycles. The van der Waals surface area contributed by atoms with Crippen LogP contribution in [0.2, 0.25) is 0 Å². The second-order valence-electron chi connectivity index (χ2n) is 5.17. The molecule has 1 atom stereocenters. The molecule has 3 rings (SSSR count). The predicted molar refractivity (Wildman–Crippen MR) is 74.8 cm³/mol. The van der Waals surface area contributed by atoms with E-state index in [9.17, 15) is 0 Å². The molecular formula is C15H19N3O. The lowest BCUT2D eigenvalue weighted by molar-refractivity contribution is 0.500. The maximum atomic E-state index is 5.95. The first-order valence-electron chi connectivity index (χ1n) is 6.74. The van der Waals surface area contributed by atoms with E-state index in [1.165, 1.54) is 12.8 Å². The summed E-state index contributed by atoms with van der Waals surface area (Å²) in [5, 5.41) is 0. The van der Waals surface area contributed by atoms with Gasteiger partial charge in [-0.15, -0.1) is 0 Å². The number of anilines is 1. The lowest BCUT2D eigenvalue weighted by Crippen LogP contribution is -2.26. The highest BCUT2D eigenvalue weighted by atomic mass is 16.3. The molecule has 19 heavy (non-hydrogen) atoms. The Hall–Kier alpha value is -1.81. The SMILES string of the molecule is CC(N)c1ccnc(N(Cc2ccco2)C2CC2)c1. The van der Waals surface area contributed by atoms with Crippen LogP contribution in [-0.2, 0) is 6.54 Å². The van der Waals surface area contributed by atoms with Crippen molar-refractivity contribution in [1.29, 1.82) is 0 Å². The molecule has 100 valence electrons. The zero-order valence-electron chi connectivity index (χ0n) is 11.1. The summed E-state index contributed by atoms with van der Waals surface area (Å²) in [6.07, 6.45) is 6.01. The molecule has 0 radical (unpaired) electrons. The van der Waals surface area contributed by atoms with E-state index in [2.05, 4.69) is 16.0 Å². The molecule has 0 aromatic carbocycles. The van der Waals surface area contributed by atoms with Crippen LogP contribution in [0.25, 0.3) is 0 Å². The molecule has 4 heteroatoms. The summed E-state index contributed by atoms with van der Waals surface area (Å²) >= 11 is 0. The molecule has 0 bridgehead atoms. The van der Waals surface area contributed by atoms with Gasteiger partial charge in [0.05, 0.1) is 12.8 Å². The highest BCUT2D eigenvalue weighted by molar-refractivity contribution is 5.44. The minimum Gasteiger partial charge on any atom is -0.467 e. The van der Waals surface area contributed by atoms with Crippen molar-refractivity contribution in [3.63, 3.8) is 0 Å². The summed E-state index contributed by atoms with van der Waals surface area (Å²) in [5.41, 5.74) is 7.07. The Morgan fingerprint density at radius 3 is 2.95 bits per heavy atom. The van der Waals surface area contributed by atoms with Crippen LogP contribution < -0.4 is 10.6 Å². The van der Waals surface area contributed by atoms with E-state index in [0.717, 1.165) is 23.7 Å². The molecule has 1 fully saturated rings. The summed E-state index contributed by atoms with van der Waals surface area (Å²) in [4.78, 5) is 6.80. The van der Waals surface area contributed by atoms with E-state index in [1.807, 2.05) is 31.3 Å². The molecular weight excluding hydrogens is 238 g/mol. The predicted octanol–water partition coefficient (Wildman–Crippen LogP) is 2.86. The van der Waals surface area contributed by atoms with Crippen molar-refractivity contribution in [1.82, 2.24) is 4.98 Å². The molecule has 1 unspecified atom stereocenters. The Balaban J connectivity index is 1.85. The molecule has 0 spiro atoms. The third-order valence-corrected chi connectivity index (χ3v) is 3.48. The van der Waals surface area contributed by atoms with Crippen molar-refractivity contribution in [2.24, 2.45) is 5.73 Å². The first-order chi connectivity index (χ1) is 9.24. The normalized spacial score (nSPS) is 16.3. The van der Waals surface area contributed by atoms with Gasteiger partial charge in [-0.25, -0.2) is 4.98 Å². The van der Waals surface area contributed by atoms with E-state index >= 15 is 0 Å². The molecule has 0 amide bonds. The minimum absolute atomic E-state index is 0.0337.